The summed E-state index contributed by atoms with van der Waals surface area (Å²) in [5.41, 5.74) is 0.0504. The lowest BCUT2D eigenvalue weighted by Crippen LogP contribution is -2.27. The molecule has 8 heteroatoms. The second-order valence-corrected chi connectivity index (χ2v) is 7.79. The maximum Gasteiger partial charge on any atom is 0.242 e. The molecule has 0 bridgehead atoms. The van der Waals surface area contributed by atoms with Gasteiger partial charge in [0.2, 0.25) is 10.0 Å². The van der Waals surface area contributed by atoms with E-state index >= 15 is 0 Å². The number of benzene rings is 1. The predicted molar refractivity (Wildman–Crippen MR) is 81.8 cm³/mol. The topological polar surface area (TPSA) is 82.8 Å². The Labute approximate surface area is 132 Å². The van der Waals surface area contributed by atoms with Crippen molar-refractivity contribution in [2.75, 3.05) is 0 Å². The number of sulfonamides is 1. The van der Waals surface area contributed by atoms with Crippen molar-refractivity contribution >= 4 is 33.0 Å². The summed E-state index contributed by atoms with van der Waals surface area (Å²) >= 11 is 7.24. The smallest absolute Gasteiger partial charge is 0.242 e. The van der Waals surface area contributed by atoms with E-state index in [1.165, 1.54) is 29.5 Å². The number of hydrogen-bond acceptors (Lipinski definition) is 5. The average Bonchev–Trinajstić information content (AvgIpc) is 2.85. The lowest BCUT2D eigenvalue weighted by Gasteiger charge is -2.13. The highest BCUT2D eigenvalue weighted by Crippen LogP contribution is 2.24. The number of halogens is 1. The van der Waals surface area contributed by atoms with Crippen LogP contribution in [0.5, 0.6) is 0 Å². The molecule has 2 rings (SSSR count). The molecule has 0 saturated heterocycles. The summed E-state index contributed by atoms with van der Waals surface area (Å²) < 4.78 is 27.3. The first-order valence-corrected chi connectivity index (χ1v) is 8.65. The molecule has 0 aliphatic rings. The van der Waals surface area contributed by atoms with Crippen molar-refractivity contribution < 1.29 is 8.42 Å². The van der Waals surface area contributed by atoms with E-state index < -0.39 is 16.1 Å². The molecule has 5 nitrogen and oxygen atoms in total. The van der Waals surface area contributed by atoms with Gasteiger partial charge in [-0.25, -0.2) is 18.1 Å². The van der Waals surface area contributed by atoms with E-state index in [0.717, 1.165) is 4.88 Å². The van der Waals surface area contributed by atoms with Crippen LogP contribution in [0.3, 0.4) is 0 Å². The minimum absolute atomic E-state index is 0.0504. The summed E-state index contributed by atoms with van der Waals surface area (Å²) in [5, 5.41) is 9.95. The summed E-state index contributed by atoms with van der Waals surface area (Å²) in [4.78, 5) is 5.02. The van der Waals surface area contributed by atoms with Crippen LogP contribution in [0, 0.1) is 18.3 Å². The number of nitrogens with one attached hydrogen (secondary N) is 1. The van der Waals surface area contributed by atoms with Crippen molar-refractivity contribution in [1.29, 1.82) is 5.26 Å². The summed E-state index contributed by atoms with van der Waals surface area (Å²) in [7, 11) is -3.85. The highest BCUT2D eigenvalue weighted by molar-refractivity contribution is 7.89. The van der Waals surface area contributed by atoms with Crippen LogP contribution in [0.25, 0.3) is 0 Å². The normalized spacial score (nSPS) is 12.9. The summed E-state index contributed by atoms with van der Waals surface area (Å²) in [6, 6.07) is 5.50. The number of thiazole rings is 1. The van der Waals surface area contributed by atoms with E-state index in [9.17, 15) is 8.42 Å². The zero-order valence-electron chi connectivity index (χ0n) is 11.3. The largest absolute Gasteiger partial charge is 0.248 e. The minimum Gasteiger partial charge on any atom is -0.248 e. The van der Waals surface area contributed by atoms with Gasteiger partial charge in [-0.15, -0.1) is 11.3 Å². The number of rotatable bonds is 4. The summed E-state index contributed by atoms with van der Waals surface area (Å²) in [5.74, 6) is 0. The van der Waals surface area contributed by atoms with Gasteiger partial charge >= 0.3 is 0 Å². The molecular weight excluding hydrogens is 330 g/mol. The standard InChI is InChI=1S/C13H12ClN3O2S2/c1-8-7-16-13(20-8)9(2)17-21(18,19)12-5-11(14)4-3-10(12)6-15/h3-5,7,9,17H,1-2H3/t9-/m1/s1. The van der Waals surface area contributed by atoms with Gasteiger partial charge in [0.05, 0.1) is 11.6 Å². The Balaban J connectivity index is 2.35. The summed E-state index contributed by atoms with van der Waals surface area (Å²) in [6.07, 6.45) is 1.69. The Bertz CT molecular complexity index is 809. The van der Waals surface area contributed by atoms with E-state index in [0.29, 0.717) is 5.01 Å². The fraction of sp³-hybridized carbons (Fsp3) is 0.231. The van der Waals surface area contributed by atoms with Crippen LogP contribution < -0.4 is 4.72 Å². The van der Waals surface area contributed by atoms with E-state index in [4.69, 9.17) is 16.9 Å². The molecule has 0 radical (unpaired) electrons. The van der Waals surface area contributed by atoms with Crippen molar-refractivity contribution in [3.63, 3.8) is 0 Å². The van der Waals surface area contributed by atoms with Gasteiger partial charge in [-0.1, -0.05) is 11.6 Å². The molecule has 0 amide bonds. The van der Waals surface area contributed by atoms with Crippen molar-refractivity contribution in [1.82, 2.24) is 9.71 Å². The number of nitriles is 1. The van der Waals surface area contributed by atoms with Gasteiger partial charge in [-0.3, -0.25) is 0 Å². The molecule has 2 aromatic rings. The molecular formula is C13H12ClN3O2S2. The third-order valence-corrected chi connectivity index (χ3v) is 5.61. The highest BCUT2D eigenvalue weighted by atomic mass is 35.5. The SMILES string of the molecule is Cc1cnc([C@@H](C)NS(=O)(=O)c2cc(Cl)ccc2C#N)s1. The lowest BCUT2D eigenvalue weighted by molar-refractivity contribution is 0.566. The van der Waals surface area contributed by atoms with E-state index in [-0.39, 0.29) is 15.5 Å². The second kappa shape index (κ2) is 6.12. The molecule has 1 N–H and O–H groups in total. The van der Waals surface area contributed by atoms with Crippen LogP contribution in [-0.2, 0) is 10.0 Å². The Morgan fingerprint density at radius 3 is 2.76 bits per heavy atom. The maximum absolute atomic E-state index is 12.4. The Morgan fingerprint density at radius 1 is 1.48 bits per heavy atom. The Morgan fingerprint density at radius 2 is 2.19 bits per heavy atom. The first-order chi connectivity index (χ1) is 9.83. The van der Waals surface area contributed by atoms with Gasteiger partial charge in [0, 0.05) is 16.1 Å². The zero-order valence-corrected chi connectivity index (χ0v) is 13.7. The first kappa shape index (κ1) is 15.9. The number of aromatic nitrogens is 1. The van der Waals surface area contributed by atoms with Crippen molar-refractivity contribution in [2.45, 2.75) is 24.8 Å². The molecule has 1 heterocycles. The molecule has 1 aromatic carbocycles. The molecule has 1 atom stereocenters. The molecule has 0 unspecified atom stereocenters. The van der Waals surface area contributed by atoms with E-state index in [1.54, 1.807) is 13.1 Å². The van der Waals surface area contributed by atoms with Crippen LogP contribution in [0.4, 0.5) is 0 Å². The maximum atomic E-state index is 12.4. The van der Waals surface area contributed by atoms with Gasteiger partial charge in [-0.2, -0.15) is 5.26 Å². The average molecular weight is 342 g/mol. The fourth-order valence-corrected chi connectivity index (χ4v) is 4.21. The van der Waals surface area contributed by atoms with Crippen LogP contribution in [0.15, 0.2) is 29.3 Å². The fourth-order valence-electron chi connectivity index (χ4n) is 1.73. The quantitative estimate of drug-likeness (QED) is 0.926. The van der Waals surface area contributed by atoms with Crippen LogP contribution in [0.1, 0.15) is 28.4 Å². The minimum atomic E-state index is -3.85. The summed E-state index contributed by atoms with van der Waals surface area (Å²) in [6.45, 7) is 3.60. The van der Waals surface area contributed by atoms with Crippen LogP contribution >= 0.6 is 22.9 Å². The first-order valence-electron chi connectivity index (χ1n) is 5.98. The van der Waals surface area contributed by atoms with Crippen molar-refractivity contribution in [2.24, 2.45) is 0 Å². The zero-order chi connectivity index (χ0) is 15.6. The Hall–Kier alpha value is -1.46. The van der Waals surface area contributed by atoms with Gasteiger partial charge in [0.25, 0.3) is 0 Å². The van der Waals surface area contributed by atoms with E-state index in [2.05, 4.69) is 9.71 Å². The molecule has 0 saturated carbocycles. The Kier molecular flexibility index (Phi) is 4.64. The lowest BCUT2D eigenvalue weighted by atomic mass is 10.2. The molecule has 1 aromatic heterocycles. The monoisotopic (exact) mass is 341 g/mol. The number of hydrogen-bond donors (Lipinski definition) is 1. The third-order valence-electron chi connectivity index (χ3n) is 2.70. The van der Waals surface area contributed by atoms with E-state index in [1.807, 2.05) is 13.0 Å². The van der Waals surface area contributed by atoms with Crippen molar-refractivity contribution in [3.05, 3.63) is 44.9 Å². The third kappa shape index (κ3) is 3.60. The molecule has 110 valence electrons. The van der Waals surface area contributed by atoms with Gasteiger partial charge < -0.3 is 0 Å². The second-order valence-electron chi connectivity index (χ2n) is 4.40. The highest BCUT2D eigenvalue weighted by Gasteiger charge is 2.23. The van der Waals surface area contributed by atoms with Crippen LogP contribution in [0.2, 0.25) is 5.02 Å². The number of aryl methyl sites for hydroxylation is 1. The van der Waals surface area contributed by atoms with Crippen LogP contribution in [-0.4, -0.2) is 13.4 Å². The number of nitrogens with zero attached hydrogens (tertiary/aromatic N) is 2. The van der Waals surface area contributed by atoms with Crippen molar-refractivity contribution in [3.8, 4) is 6.07 Å². The van der Waals surface area contributed by atoms with Gasteiger partial charge in [0.15, 0.2) is 0 Å². The van der Waals surface area contributed by atoms with Gasteiger partial charge in [0.1, 0.15) is 16.0 Å². The predicted octanol–water partition coefficient (Wildman–Crippen LogP) is 3.02. The molecule has 21 heavy (non-hydrogen) atoms. The molecule has 0 fully saturated rings. The van der Waals surface area contributed by atoms with Gasteiger partial charge in [-0.05, 0) is 32.0 Å². The molecule has 0 spiro atoms. The molecule has 0 aliphatic carbocycles. The molecule has 0 aliphatic heterocycles.